The van der Waals surface area contributed by atoms with Crippen LogP contribution in [0.4, 0.5) is 8.78 Å². The van der Waals surface area contributed by atoms with E-state index in [2.05, 4.69) is 11.8 Å². The van der Waals surface area contributed by atoms with Crippen LogP contribution in [0.3, 0.4) is 0 Å². The van der Waals surface area contributed by atoms with Crippen molar-refractivity contribution in [3.8, 4) is 0 Å². The summed E-state index contributed by atoms with van der Waals surface area (Å²) in [6.45, 7) is 4.46. The van der Waals surface area contributed by atoms with Gasteiger partial charge in [0.1, 0.15) is 11.6 Å². The van der Waals surface area contributed by atoms with Crippen LogP contribution in [0.1, 0.15) is 37.8 Å². The number of halogens is 2. The van der Waals surface area contributed by atoms with E-state index in [4.69, 9.17) is 5.73 Å². The molecule has 1 aliphatic heterocycles. The van der Waals surface area contributed by atoms with Crippen LogP contribution in [0.15, 0.2) is 18.2 Å². The van der Waals surface area contributed by atoms with E-state index in [9.17, 15) is 8.78 Å². The smallest absolute Gasteiger partial charge is 0.130 e. The zero-order valence-corrected chi connectivity index (χ0v) is 11.4. The van der Waals surface area contributed by atoms with Crippen LogP contribution in [0.5, 0.6) is 0 Å². The van der Waals surface area contributed by atoms with E-state index in [1.165, 1.54) is 25.0 Å². The maximum absolute atomic E-state index is 13.9. The number of hydrogen-bond acceptors (Lipinski definition) is 2. The zero-order chi connectivity index (χ0) is 13.8. The van der Waals surface area contributed by atoms with Crippen LogP contribution in [-0.4, -0.2) is 24.5 Å². The van der Waals surface area contributed by atoms with Gasteiger partial charge in [0, 0.05) is 30.8 Å². The minimum absolute atomic E-state index is 0.137. The molecule has 2 atom stereocenters. The molecule has 2 nitrogen and oxygen atoms in total. The monoisotopic (exact) mass is 268 g/mol. The third-order valence-corrected chi connectivity index (χ3v) is 4.00. The van der Waals surface area contributed by atoms with Gasteiger partial charge >= 0.3 is 0 Å². The number of nitrogens with two attached hydrogens (primary N) is 1. The van der Waals surface area contributed by atoms with Crippen LogP contribution in [0, 0.1) is 17.6 Å². The molecule has 0 spiro atoms. The van der Waals surface area contributed by atoms with Crippen molar-refractivity contribution in [3.63, 3.8) is 0 Å². The van der Waals surface area contributed by atoms with Crippen LogP contribution in [0.25, 0.3) is 0 Å². The molecule has 1 heterocycles. The summed E-state index contributed by atoms with van der Waals surface area (Å²) >= 11 is 0. The Morgan fingerprint density at radius 3 is 2.84 bits per heavy atom. The Bertz CT molecular complexity index is 423. The lowest BCUT2D eigenvalue weighted by Crippen LogP contribution is -2.32. The first-order chi connectivity index (χ1) is 9.15. The summed E-state index contributed by atoms with van der Waals surface area (Å²) in [4.78, 5) is 2.23. The predicted molar refractivity (Wildman–Crippen MR) is 72.7 cm³/mol. The van der Waals surface area contributed by atoms with Crippen molar-refractivity contribution in [1.29, 1.82) is 0 Å². The third-order valence-electron chi connectivity index (χ3n) is 4.00. The summed E-state index contributed by atoms with van der Waals surface area (Å²) in [7, 11) is 0. The topological polar surface area (TPSA) is 29.3 Å². The van der Waals surface area contributed by atoms with Crippen molar-refractivity contribution >= 4 is 0 Å². The van der Waals surface area contributed by atoms with Gasteiger partial charge in [-0.1, -0.05) is 19.4 Å². The van der Waals surface area contributed by atoms with Gasteiger partial charge in [-0.15, -0.1) is 0 Å². The fourth-order valence-electron chi connectivity index (χ4n) is 3.03. The van der Waals surface area contributed by atoms with Gasteiger partial charge in [-0.05, 0) is 31.4 Å². The summed E-state index contributed by atoms with van der Waals surface area (Å²) in [6.07, 6.45) is 3.53. The Balaban J connectivity index is 2.12. The van der Waals surface area contributed by atoms with Gasteiger partial charge < -0.3 is 5.73 Å². The lowest BCUT2D eigenvalue weighted by molar-refractivity contribution is 0.234. The molecule has 0 aromatic heterocycles. The molecule has 19 heavy (non-hydrogen) atoms. The van der Waals surface area contributed by atoms with Gasteiger partial charge in [-0.3, -0.25) is 4.90 Å². The predicted octanol–water partition coefficient (Wildman–Crippen LogP) is 3.09. The highest BCUT2D eigenvalue weighted by Crippen LogP contribution is 2.30. The van der Waals surface area contributed by atoms with Crippen molar-refractivity contribution < 1.29 is 8.78 Å². The first kappa shape index (κ1) is 14.4. The largest absolute Gasteiger partial charge is 0.329 e. The lowest BCUT2D eigenvalue weighted by atomic mass is 10.0. The summed E-state index contributed by atoms with van der Waals surface area (Å²) in [5.41, 5.74) is 6.32. The molecule has 2 unspecified atom stereocenters. The molecule has 0 bridgehead atoms. The fourth-order valence-corrected chi connectivity index (χ4v) is 3.03. The molecule has 1 fully saturated rings. The second-order valence-electron chi connectivity index (χ2n) is 5.36. The van der Waals surface area contributed by atoms with Gasteiger partial charge in [0.2, 0.25) is 0 Å². The van der Waals surface area contributed by atoms with Crippen LogP contribution >= 0.6 is 0 Å². The number of likely N-dealkylation sites (tertiary alicyclic amines) is 1. The average molecular weight is 268 g/mol. The van der Waals surface area contributed by atoms with Gasteiger partial charge in [-0.2, -0.15) is 0 Å². The molecule has 4 heteroatoms. The molecular weight excluding hydrogens is 246 g/mol. The van der Waals surface area contributed by atoms with Crippen LogP contribution in [0.2, 0.25) is 0 Å². The molecule has 1 aromatic carbocycles. The second-order valence-corrected chi connectivity index (χ2v) is 5.36. The highest BCUT2D eigenvalue weighted by atomic mass is 19.1. The average Bonchev–Trinajstić information content (AvgIpc) is 2.82. The molecule has 1 aromatic rings. The standard InChI is InChI=1S/C15H22F2N2/c1-2-3-11-6-7-19(10-11)15(9-18)13-5-4-12(16)8-14(13)17/h4-5,8,11,15H,2-3,6-7,9-10,18H2,1H3. The molecule has 0 saturated carbocycles. The van der Waals surface area contributed by atoms with Crippen molar-refractivity contribution in [3.05, 3.63) is 35.4 Å². The summed E-state index contributed by atoms with van der Waals surface area (Å²) < 4.78 is 26.8. The summed E-state index contributed by atoms with van der Waals surface area (Å²) in [5, 5.41) is 0. The number of nitrogens with zero attached hydrogens (tertiary/aromatic N) is 1. The molecule has 1 saturated heterocycles. The minimum atomic E-state index is -0.540. The highest BCUT2D eigenvalue weighted by Gasteiger charge is 2.29. The van der Waals surface area contributed by atoms with E-state index >= 15 is 0 Å². The molecule has 0 aliphatic carbocycles. The first-order valence-corrected chi connectivity index (χ1v) is 7.04. The van der Waals surface area contributed by atoms with E-state index in [0.717, 1.165) is 25.6 Å². The number of hydrogen-bond donors (Lipinski definition) is 1. The SMILES string of the molecule is CCCC1CCN(C(CN)c2ccc(F)cc2F)C1. The Hall–Kier alpha value is -1.00. The summed E-state index contributed by atoms with van der Waals surface area (Å²) in [5.74, 6) is -0.348. The van der Waals surface area contributed by atoms with Crippen molar-refractivity contribution in [1.82, 2.24) is 4.90 Å². The Kier molecular flexibility index (Phi) is 4.88. The summed E-state index contributed by atoms with van der Waals surface area (Å²) in [6, 6.07) is 3.63. The van der Waals surface area contributed by atoms with E-state index in [1.54, 1.807) is 0 Å². The molecule has 2 rings (SSSR count). The quantitative estimate of drug-likeness (QED) is 0.889. The maximum Gasteiger partial charge on any atom is 0.130 e. The first-order valence-electron chi connectivity index (χ1n) is 7.04. The molecule has 106 valence electrons. The van der Waals surface area contributed by atoms with Gasteiger partial charge in [0.25, 0.3) is 0 Å². The number of rotatable bonds is 5. The molecule has 1 aliphatic rings. The van der Waals surface area contributed by atoms with Crippen molar-refractivity contribution in [2.75, 3.05) is 19.6 Å². The Morgan fingerprint density at radius 2 is 2.21 bits per heavy atom. The highest BCUT2D eigenvalue weighted by molar-refractivity contribution is 5.23. The van der Waals surface area contributed by atoms with Crippen LogP contribution in [-0.2, 0) is 0 Å². The van der Waals surface area contributed by atoms with Gasteiger partial charge in [-0.25, -0.2) is 8.78 Å². The van der Waals surface area contributed by atoms with E-state index in [-0.39, 0.29) is 6.04 Å². The fraction of sp³-hybridized carbons (Fsp3) is 0.600. The molecule has 0 radical (unpaired) electrons. The Morgan fingerprint density at radius 1 is 1.42 bits per heavy atom. The van der Waals surface area contributed by atoms with Gasteiger partial charge in [0.05, 0.1) is 0 Å². The second kappa shape index (κ2) is 6.44. The third kappa shape index (κ3) is 3.31. The zero-order valence-electron chi connectivity index (χ0n) is 11.4. The van der Waals surface area contributed by atoms with Crippen molar-refractivity contribution in [2.24, 2.45) is 11.7 Å². The van der Waals surface area contributed by atoms with Crippen molar-refractivity contribution in [2.45, 2.75) is 32.2 Å². The molecule has 0 amide bonds. The van der Waals surface area contributed by atoms with E-state index in [0.29, 0.717) is 18.0 Å². The lowest BCUT2D eigenvalue weighted by Gasteiger charge is -2.27. The number of benzene rings is 1. The van der Waals surface area contributed by atoms with Gasteiger partial charge in [0.15, 0.2) is 0 Å². The Labute approximate surface area is 113 Å². The van der Waals surface area contributed by atoms with E-state index in [1.807, 2.05) is 0 Å². The molecule has 2 N–H and O–H groups in total. The normalized spacial score (nSPS) is 21.8. The minimum Gasteiger partial charge on any atom is -0.329 e. The van der Waals surface area contributed by atoms with E-state index < -0.39 is 11.6 Å². The maximum atomic E-state index is 13.9. The molecular formula is C15H22F2N2. The van der Waals surface area contributed by atoms with Crippen LogP contribution < -0.4 is 5.73 Å².